The summed E-state index contributed by atoms with van der Waals surface area (Å²) in [4.78, 5) is 43.4. The monoisotopic (exact) mass is 232 g/mol. The van der Waals surface area contributed by atoms with E-state index in [1.165, 1.54) is 0 Å². The summed E-state index contributed by atoms with van der Waals surface area (Å²) >= 11 is 0. The van der Waals surface area contributed by atoms with Crippen molar-refractivity contribution in [3.8, 4) is 0 Å². The van der Waals surface area contributed by atoms with Crippen molar-refractivity contribution in [2.45, 2.75) is 12.8 Å². The number of hydrogen-bond acceptors (Lipinski definition) is 4. The molecule has 0 aromatic carbocycles. The van der Waals surface area contributed by atoms with E-state index in [1.807, 2.05) is 0 Å². The molecular weight excluding hydrogens is 224 g/mol. The van der Waals surface area contributed by atoms with Crippen LogP contribution in [0.4, 0.5) is 0 Å². The highest BCUT2D eigenvalue weighted by Gasteiger charge is 2.77. The van der Waals surface area contributed by atoms with Gasteiger partial charge in [0.1, 0.15) is 0 Å². The lowest BCUT2D eigenvalue weighted by Crippen LogP contribution is -2.67. The average Bonchev–Trinajstić information content (AvgIpc) is 1.98. The predicted molar refractivity (Wildman–Crippen MR) is 44.6 cm³/mol. The fraction of sp³-hybridized carbons (Fsp3) is 0.500. The first-order valence-corrected chi connectivity index (χ1v) is 4.17. The van der Waals surface area contributed by atoms with Gasteiger partial charge < -0.3 is 20.4 Å². The lowest BCUT2D eigenvalue weighted by Gasteiger charge is -2.47. The Kier molecular flexibility index (Phi) is 2.38. The van der Waals surface area contributed by atoms with Crippen LogP contribution in [-0.4, -0.2) is 44.3 Å². The molecule has 0 amide bonds. The van der Waals surface area contributed by atoms with Gasteiger partial charge in [0.05, 0.1) is 0 Å². The van der Waals surface area contributed by atoms with Crippen molar-refractivity contribution >= 4 is 23.9 Å². The summed E-state index contributed by atoms with van der Waals surface area (Å²) in [5, 5.41) is 35.1. The molecule has 1 aliphatic carbocycles. The van der Waals surface area contributed by atoms with Gasteiger partial charge in [-0.1, -0.05) is 0 Å². The smallest absolute Gasteiger partial charge is 0.322 e. The Morgan fingerprint density at radius 1 is 0.625 bits per heavy atom. The quantitative estimate of drug-likeness (QED) is 0.455. The third-order valence-corrected chi connectivity index (χ3v) is 3.06. The van der Waals surface area contributed by atoms with Crippen LogP contribution >= 0.6 is 0 Å². The van der Waals surface area contributed by atoms with Crippen LogP contribution in [0.2, 0.25) is 0 Å². The largest absolute Gasteiger partial charge is 0.480 e. The van der Waals surface area contributed by atoms with Crippen molar-refractivity contribution in [2.24, 2.45) is 10.8 Å². The second kappa shape index (κ2) is 3.19. The molecule has 1 aliphatic rings. The number of carboxylic acids is 4. The Morgan fingerprint density at radius 3 is 0.875 bits per heavy atom. The predicted octanol–water partition coefficient (Wildman–Crippen LogP) is -0.909. The highest BCUT2D eigenvalue weighted by atomic mass is 16.4. The summed E-state index contributed by atoms with van der Waals surface area (Å²) in [6.07, 6.45) is -1.04. The maximum Gasteiger partial charge on any atom is 0.322 e. The fourth-order valence-electron chi connectivity index (χ4n) is 1.97. The van der Waals surface area contributed by atoms with E-state index in [0.717, 1.165) is 0 Å². The summed E-state index contributed by atoms with van der Waals surface area (Å²) < 4.78 is 0. The SMILES string of the molecule is O=C(O)C1(C(=O)O)CCC1(C(=O)O)C(=O)O. The normalized spacial score (nSPS) is 20.5. The van der Waals surface area contributed by atoms with Crippen molar-refractivity contribution in [2.75, 3.05) is 0 Å². The van der Waals surface area contributed by atoms with Crippen molar-refractivity contribution in [3.63, 3.8) is 0 Å². The van der Waals surface area contributed by atoms with E-state index in [1.54, 1.807) is 0 Å². The standard InChI is InChI=1S/C8H8O8/c9-3(10)7(4(11)12)1-2-8(7,5(13)14)6(15)16/h1-2H2,(H,9,10)(H,11,12)(H,13,14)(H,15,16). The zero-order valence-corrected chi connectivity index (χ0v) is 7.84. The molecule has 0 saturated heterocycles. The summed E-state index contributed by atoms with van der Waals surface area (Å²) in [5.41, 5.74) is -5.57. The molecule has 0 unspecified atom stereocenters. The molecule has 1 rings (SSSR count). The summed E-state index contributed by atoms with van der Waals surface area (Å²) in [6, 6.07) is 0. The highest BCUT2D eigenvalue weighted by Crippen LogP contribution is 2.57. The van der Waals surface area contributed by atoms with Crippen LogP contribution in [-0.2, 0) is 19.2 Å². The molecule has 0 aromatic heterocycles. The van der Waals surface area contributed by atoms with E-state index in [0.29, 0.717) is 0 Å². The molecule has 16 heavy (non-hydrogen) atoms. The van der Waals surface area contributed by atoms with Crippen LogP contribution in [0, 0.1) is 10.8 Å². The fourth-order valence-corrected chi connectivity index (χ4v) is 1.97. The Labute approximate surface area is 88.1 Å². The van der Waals surface area contributed by atoms with Crippen LogP contribution < -0.4 is 0 Å². The summed E-state index contributed by atoms with van der Waals surface area (Å²) in [5.74, 6) is -7.79. The van der Waals surface area contributed by atoms with Gasteiger partial charge in [-0.3, -0.25) is 19.2 Å². The average molecular weight is 232 g/mol. The minimum atomic E-state index is -2.79. The highest BCUT2D eigenvalue weighted by molar-refractivity contribution is 6.14. The molecule has 1 saturated carbocycles. The number of aliphatic carboxylic acids is 4. The third-order valence-electron chi connectivity index (χ3n) is 3.06. The van der Waals surface area contributed by atoms with Crippen molar-refractivity contribution in [3.05, 3.63) is 0 Å². The molecule has 1 fully saturated rings. The molecule has 0 aliphatic heterocycles. The molecule has 4 N–H and O–H groups in total. The molecular formula is C8H8O8. The minimum absolute atomic E-state index is 0.518. The van der Waals surface area contributed by atoms with Crippen LogP contribution in [0.3, 0.4) is 0 Å². The van der Waals surface area contributed by atoms with E-state index >= 15 is 0 Å². The van der Waals surface area contributed by atoms with Gasteiger partial charge in [-0.2, -0.15) is 0 Å². The molecule has 0 heterocycles. The topological polar surface area (TPSA) is 149 Å². The first-order chi connectivity index (χ1) is 7.23. The lowest BCUT2D eigenvalue weighted by molar-refractivity contribution is -0.211. The van der Waals surface area contributed by atoms with Crippen LogP contribution in [0.15, 0.2) is 0 Å². The number of carbonyl (C=O) groups is 4. The molecule has 0 bridgehead atoms. The van der Waals surface area contributed by atoms with Gasteiger partial charge in [-0.15, -0.1) is 0 Å². The maximum atomic E-state index is 10.9. The molecule has 8 nitrogen and oxygen atoms in total. The van der Waals surface area contributed by atoms with Crippen LogP contribution in [0.1, 0.15) is 12.8 Å². The van der Waals surface area contributed by atoms with Crippen molar-refractivity contribution in [1.82, 2.24) is 0 Å². The van der Waals surface area contributed by atoms with E-state index in [4.69, 9.17) is 20.4 Å². The van der Waals surface area contributed by atoms with Gasteiger partial charge in [0, 0.05) is 0 Å². The van der Waals surface area contributed by atoms with E-state index in [-0.39, 0.29) is 0 Å². The second-order valence-corrected chi connectivity index (χ2v) is 3.53. The molecule has 0 spiro atoms. The van der Waals surface area contributed by atoms with Crippen molar-refractivity contribution < 1.29 is 39.6 Å². The summed E-state index contributed by atoms with van der Waals surface area (Å²) in [7, 11) is 0. The summed E-state index contributed by atoms with van der Waals surface area (Å²) in [6.45, 7) is 0. The molecule has 0 atom stereocenters. The Hall–Kier alpha value is -2.12. The van der Waals surface area contributed by atoms with Crippen molar-refractivity contribution in [1.29, 1.82) is 0 Å². The third kappa shape index (κ3) is 0.980. The second-order valence-electron chi connectivity index (χ2n) is 3.53. The maximum absolute atomic E-state index is 10.9. The zero-order chi connectivity index (χ0) is 12.7. The number of carboxylic acid groups (broad SMARTS) is 4. The minimum Gasteiger partial charge on any atom is -0.480 e. The Bertz CT molecular complexity index is 329. The number of hydrogen-bond donors (Lipinski definition) is 4. The van der Waals surface area contributed by atoms with E-state index in [9.17, 15) is 19.2 Å². The molecule has 0 aromatic rings. The Morgan fingerprint density at radius 2 is 0.812 bits per heavy atom. The van der Waals surface area contributed by atoms with Gasteiger partial charge in [-0.05, 0) is 12.8 Å². The van der Waals surface area contributed by atoms with Gasteiger partial charge in [-0.25, -0.2) is 0 Å². The zero-order valence-electron chi connectivity index (χ0n) is 7.84. The van der Waals surface area contributed by atoms with Crippen LogP contribution in [0.25, 0.3) is 0 Å². The van der Waals surface area contributed by atoms with E-state index < -0.39 is 47.5 Å². The van der Waals surface area contributed by atoms with Gasteiger partial charge >= 0.3 is 23.9 Å². The first-order valence-electron chi connectivity index (χ1n) is 4.17. The first kappa shape index (κ1) is 12.0. The molecule has 88 valence electrons. The van der Waals surface area contributed by atoms with E-state index in [2.05, 4.69) is 0 Å². The molecule has 0 radical (unpaired) electrons. The number of rotatable bonds is 4. The van der Waals surface area contributed by atoms with Gasteiger partial charge in [0.15, 0.2) is 10.8 Å². The van der Waals surface area contributed by atoms with Gasteiger partial charge in [0.25, 0.3) is 0 Å². The molecule has 8 heteroatoms. The lowest BCUT2D eigenvalue weighted by atomic mass is 9.49. The van der Waals surface area contributed by atoms with Crippen LogP contribution in [0.5, 0.6) is 0 Å². The Balaban J connectivity index is 3.44. The van der Waals surface area contributed by atoms with Gasteiger partial charge in [0.2, 0.25) is 0 Å².